The van der Waals surface area contributed by atoms with E-state index in [1.807, 2.05) is 23.6 Å². The van der Waals surface area contributed by atoms with Crippen LogP contribution in [0.4, 0.5) is 0 Å². The molecule has 8 heteroatoms. The van der Waals surface area contributed by atoms with Crippen molar-refractivity contribution in [1.29, 1.82) is 5.26 Å². The Morgan fingerprint density at radius 2 is 1.89 bits per heavy atom. The first-order valence-electron chi connectivity index (χ1n) is 7.98. The maximum absolute atomic E-state index is 12.4. The Labute approximate surface area is 166 Å². The number of hydrogen-bond donors (Lipinski definition) is 1. The summed E-state index contributed by atoms with van der Waals surface area (Å²) in [6.45, 7) is 0.329. The lowest BCUT2D eigenvalue weighted by Gasteiger charge is -2.10. The second-order valence-corrected chi connectivity index (χ2v) is 8.73. The lowest BCUT2D eigenvalue weighted by atomic mass is 10.2. The van der Waals surface area contributed by atoms with Gasteiger partial charge in [0.2, 0.25) is 10.0 Å². The SMILES string of the molecule is N#Cc1c(Cl)cccc1Oc1ccc(S(=O)(=O)NCCc2cccs2)cc1. The van der Waals surface area contributed by atoms with Crippen LogP contribution in [0.3, 0.4) is 0 Å². The van der Waals surface area contributed by atoms with Crippen LogP contribution in [0.1, 0.15) is 10.4 Å². The van der Waals surface area contributed by atoms with Gasteiger partial charge in [0.15, 0.2) is 0 Å². The highest BCUT2D eigenvalue weighted by atomic mass is 35.5. The molecule has 1 heterocycles. The summed E-state index contributed by atoms with van der Waals surface area (Å²) in [6.07, 6.45) is 0.643. The number of sulfonamides is 1. The molecule has 0 aliphatic heterocycles. The quantitative estimate of drug-likeness (QED) is 0.608. The van der Waals surface area contributed by atoms with Gasteiger partial charge < -0.3 is 4.74 Å². The van der Waals surface area contributed by atoms with Crippen LogP contribution < -0.4 is 9.46 Å². The number of benzene rings is 2. The Kier molecular flexibility index (Phi) is 6.14. The number of rotatable bonds is 7. The maximum atomic E-state index is 12.4. The van der Waals surface area contributed by atoms with Gasteiger partial charge in [-0.05, 0) is 54.3 Å². The Hall–Kier alpha value is -2.37. The van der Waals surface area contributed by atoms with Gasteiger partial charge in [0.25, 0.3) is 0 Å². The fourth-order valence-corrected chi connectivity index (χ4v) is 4.31. The molecule has 0 atom stereocenters. The fourth-order valence-electron chi connectivity index (χ4n) is 2.36. The summed E-state index contributed by atoms with van der Waals surface area (Å²) >= 11 is 7.57. The Bertz CT molecular complexity index is 1060. The Balaban J connectivity index is 1.68. The van der Waals surface area contributed by atoms with Gasteiger partial charge in [-0.1, -0.05) is 23.7 Å². The molecule has 0 unspecified atom stereocenters. The zero-order valence-electron chi connectivity index (χ0n) is 14.1. The monoisotopic (exact) mass is 418 g/mol. The van der Waals surface area contributed by atoms with E-state index in [1.54, 1.807) is 29.5 Å². The molecule has 0 aliphatic rings. The van der Waals surface area contributed by atoms with Gasteiger partial charge in [0, 0.05) is 11.4 Å². The summed E-state index contributed by atoms with van der Waals surface area (Å²) < 4.78 is 33.0. The number of hydrogen-bond acceptors (Lipinski definition) is 5. The highest BCUT2D eigenvalue weighted by Crippen LogP contribution is 2.30. The van der Waals surface area contributed by atoms with Crippen molar-refractivity contribution in [2.75, 3.05) is 6.54 Å². The first kappa shape index (κ1) is 19.4. The third-order valence-corrected chi connectivity index (χ3v) is 6.42. The van der Waals surface area contributed by atoms with Crippen molar-refractivity contribution in [1.82, 2.24) is 4.72 Å². The average Bonchev–Trinajstić information content (AvgIpc) is 3.16. The zero-order valence-corrected chi connectivity index (χ0v) is 16.4. The second-order valence-electron chi connectivity index (χ2n) is 5.53. The van der Waals surface area contributed by atoms with Crippen molar-refractivity contribution >= 4 is 33.0 Å². The molecule has 0 saturated heterocycles. The van der Waals surface area contributed by atoms with E-state index in [0.717, 1.165) is 4.88 Å². The summed E-state index contributed by atoms with van der Waals surface area (Å²) in [6, 6.07) is 16.8. The predicted molar refractivity (Wildman–Crippen MR) is 106 cm³/mol. The summed E-state index contributed by atoms with van der Waals surface area (Å²) in [4.78, 5) is 1.27. The first-order chi connectivity index (χ1) is 13.0. The van der Waals surface area contributed by atoms with E-state index in [4.69, 9.17) is 16.3 Å². The van der Waals surface area contributed by atoms with Crippen LogP contribution in [-0.2, 0) is 16.4 Å². The van der Waals surface area contributed by atoms with Crippen LogP contribution in [0.5, 0.6) is 11.5 Å². The number of nitrogens with zero attached hydrogens (tertiary/aromatic N) is 1. The lowest BCUT2D eigenvalue weighted by Crippen LogP contribution is -2.25. The highest BCUT2D eigenvalue weighted by Gasteiger charge is 2.14. The van der Waals surface area contributed by atoms with E-state index in [9.17, 15) is 13.7 Å². The second kappa shape index (κ2) is 8.55. The lowest BCUT2D eigenvalue weighted by molar-refractivity contribution is 0.480. The smallest absolute Gasteiger partial charge is 0.240 e. The highest BCUT2D eigenvalue weighted by molar-refractivity contribution is 7.89. The Morgan fingerprint density at radius 1 is 1.11 bits per heavy atom. The van der Waals surface area contributed by atoms with Crippen LogP contribution in [0.25, 0.3) is 0 Å². The summed E-state index contributed by atoms with van der Waals surface area (Å²) in [7, 11) is -3.60. The van der Waals surface area contributed by atoms with Crippen molar-refractivity contribution in [3.63, 3.8) is 0 Å². The number of nitrogens with one attached hydrogen (secondary N) is 1. The van der Waals surface area contributed by atoms with E-state index >= 15 is 0 Å². The molecule has 0 saturated carbocycles. The van der Waals surface area contributed by atoms with Gasteiger partial charge in [-0.15, -0.1) is 11.3 Å². The third-order valence-electron chi connectivity index (χ3n) is 3.69. The molecule has 27 heavy (non-hydrogen) atoms. The first-order valence-corrected chi connectivity index (χ1v) is 10.7. The minimum Gasteiger partial charge on any atom is -0.456 e. The molecule has 138 valence electrons. The molecule has 0 aliphatic carbocycles. The molecule has 0 radical (unpaired) electrons. The average molecular weight is 419 g/mol. The zero-order chi connectivity index (χ0) is 19.3. The number of nitriles is 1. The molecule has 0 amide bonds. The van der Waals surface area contributed by atoms with Crippen molar-refractivity contribution in [2.45, 2.75) is 11.3 Å². The minimum atomic E-state index is -3.60. The van der Waals surface area contributed by atoms with Gasteiger partial charge in [-0.2, -0.15) is 5.26 Å². The summed E-state index contributed by atoms with van der Waals surface area (Å²) in [5.41, 5.74) is 0.228. The van der Waals surface area contributed by atoms with Gasteiger partial charge in [-0.25, -0.2) is 13.1 Å². The van der Waals surface area contributed by atoms with E-state index in [-0.39, 0.29) is 10.5 Å². The molecule has 1 aromatic heterocycles. The number of ether oxygens (including phenoxy) is 1. The van der Waals surface area contributed by atoms with Gasteiger partial charge in [0.05, 0.1) is 9.92 Å². The molecule has 0 bridgehead atoms. The molecule has 0 fully saturated rings. The maximum Gasteiger partial charge on any atom is 0.240 e. The van der Waals surface area contributed by atoms with E-state index < -0.39 is 10.0 Å². The van der Waals surface area contributed by atoms with Crippen LogP contribution in [-0.4, -0.2) is 15.0 Å². The van der Waals surface area contributed by atoms with Crippen molar-refractivity contribution in [3.05, 3.63) is 75.4 Å². The largest absolute Gasteiger partial charge is 0.456 e. The van der Waals surface area contributed by atoms with Gasteiger partial charge in [-0.3, -0.25) is 0 Å². The van der Waals surface area contributed by atoms with Crippen LogP contribution in [0, 0.1) is 11.3 Å². The summed E-state index contributed by atoms with van der Waals surface area (Å²) in [5, 5.41) is 11.4. The van der Waals surface area contributed by atoms with Crippen LogP contribution in [0.2, 0.25) is 5.02 Å². The predicted octanol–water partition coefficient (Wildman–Crippen LogP) is 4.59. The number of halogens is 1. The topological polar surface area (TPSA) is 79.2 Å². The fraction of sp³-hybridized carbons (Fsp3) is 0.105. The van der Waals surface area contributed by atoms with Crippen molar-refractivity contribution in [3.8, 4) is 17.6 Å². The third kappa shape index (κ3) is 4.87. The standard InChI is InChI=1S/C19H15ClN2O3S2/c20-18-4-1-5-19(17(18)13-21)25-14-6-8-16(9-7-14)27(23,24)22-11-10-15-3-2-12-26-15/h1-9,12,22H,10-11H2. The van der Waals surface area contributed by atoms with Gasteiger partial charge >= 0.3 is 0 Å². The molecule has 2 aromatic carbocycles. The van der Waals surface area contributed by atoms with E-state index in [1.165, 1.54) is 24.3 Å². The van der Waals surface area contributed by atoms with Gasteiger partial charge in [0.1, 0.15) is 23.1 Å². The molecule has 3 rings (SSSR count). The molecule has 5 nitrogen and oxygen atoms in total. The number of thiophene rings is 1. The van der Waals surface area contributed by atoms with Crippen molar-refractivity contribution in [2.24, 2.45) is 0 Å². The summed E-state index contributed by atoms with van der Waals surface area (Å²) in [5.74, 6) is 0.723. The van der Waals surface area contributed by atoms with E-state index in [2.05, 4.69) is 4.72 Å². The van der Waals surface area contributed by atoms with Crippen LogP contribution >= 0.6 is 22.9 Å². The van der Waals surface area contributed by atoms with Crippen LogP contribution in [0.15, 0.2) is 64.9 Å². The molecule has 0 spiro atoms. The van der Waals surface area contributed by atoms with Crippen molar-refractivity contribution < 1.29 is 13.2 Å². The molecule has 3 aromatic rings. The molecular weight excluding hydrogens is 404 g/mol. The normalized spacial score (nSPS) is 11.1. The van der Waals surface area contributed by atoms with E-state index in [0.29, 0.717) is 29.5 Å². The molecule has 1 N–H and O–H groups in total. The molecular formula is C19H15ClN2O3S2. The minimum absolute atomic E-state index is 0.146. The Morgan fingerprint density at radius 3 is 2.56 bits per heavy atom.